The molecule has 1 aromatic heterocycles. The summed E-state index contributed by atoms with van der Waals surface area (Å²) in [7, 11) is -0.915. The number of nitrogens with one attached hydrogen (secondary N) is 1. The summed E-state index contributed by atoms with van der Waals surface area (Å²) in [5.41, 5.74) is 1.03. The summed E-state index contributed by atoms with van der Waals surface area (Å²) in [5, 5.41) is 0. The van der Waals surface area contributed by atoms with E-state index in [4.69, 9.17) is 0 Å². The van der Waals surface area contributed by atoms with Gasteiger partial charge in [-0.05, 0) is 31.5 Å². The van der Waals surface area contributed by atoms with E-state index in [2.05, 4.69) is 9.97 Å². The molecule has 1 saturated heterocycles. The number of H-pyrrole nitrogens is 1. The van der Waals surface area contributed by atoms with Crippen LogP contribution in [0, 0.1) is 11.7 Å². The Hall–Kier alpha value is -1.47. The Kier molecular flexibility index (Phi) is 3.71. The van der Waals surface area contributed by atoms with E-state index in [0.29, 0.717) is 35.7 Å². The number of imidazole rings is 1. The zero-order chi connectivity index (χ0) is 15.0. The molecule has 0 saturated carbocycles. The number of sulfone groups is 1. The summed E-state index contributed by atoms with van der Waals surface area (Å²) in [4.78, 5) is 9.39. The van der Waals surface area contributed by atoms with E-state index in [1.807, 2.05) is 11.9 Å². The molecule has 0 radical (unpaired) electrons. The maximum atomic E-state index is 13.6. The molecule has 1 N–H and O–H groups in total. The van der Waals surface area contributed by atoms with Crippen molar-refractivity contribution in [1.29, 1.82) is 0 Å². The Balaban J connectivity index is 1.66. The molecule has 5 nitrogen and oxygen atoms in total. The predicted octanol–water partition coefficient (Wildman–Crippen LogP) is 1.57. The summed E-state index contributed by atoms with van der Waals surface area (Å²) in [5.74, 6) is 1.10. The lowest BCUT2D eigenvalue weighted by atomic mass is 10.1. The van der Waals surface area contributed by atoms with Crippen LogP contribution in [0.5, 0.6) is 0 Å². The molecule has 1 aromatic carbocycles. The molecule has 0 bridgehead atoms. The zero-order valence-corrected chi connectivity index (χ0v) is 12.7. The third-order valence-corrected chi connectivity index (χ3v) is 5.67. The van der Waals surface area contributed by atoms with E-state index in [9.17, 15) is 12.8 Å². The Labute approximate surface area is 123 Å². The van der Waals surface area contributed by atoms with Gasteiger partial charge in [0.25, 0.3) is 0 Å². The van der Waals surface area contributed by atoms with Crippen LogP contribution in [0.15, 0.2) is 18.2 Å². The fourth-order valence-electron chi connectivity index (χ4n) is 2.90. The van der Waals surface area contributed by atoms with Gasteiger partial charge in [0.05, 0.1) is 23.6 Å². The van der Waals surface area contributed by atoms with Crippen molar-refractivity contribution >= 4 is 20.9 Å². The van der Waals surface area contributed by atoms with Crippen LogP contribution >= 0.6 is 0 Å². The number of aromatic amines is 1. The fourth-order valence-corrected chi connectivity index (χ4v) is 4.75. The molecule has 114 valence electrons. The second-order valence-electron chi connectivity index (χ2n) is 5.79. The van der Waals surface area contributed by atoms with Crippen LogP contribution < -0.4 is 0 Å². The number of nitrogens with zero attached hydrogens (tertiary/aromatic N) is 2. The largest absolute Gasteiger partial charge is 0.341 e. The number of rotatable bonds is 4. The van der Waals surface area contributed by atoms with Gasteiger partial charge in [0.1, 0.15) is 11.3 Å². The van der Waals surface area contributed by atoms with Crippen LogP contribution in [0.4, 0.5) is 4.39 Å². The SMILES string of the molecule is CN(Cc1nc2c(F)cccc2[nH]1)C[C@@H]1CCS(=O)(=O)C1. The normalized spacial score (nSPS) is 21.4. The molecule has 3 rings (SSSR count). The van der Waals surface area contributed by atoms with E-state index in [1.54, 1.807) is 12.1 Å². The first kappa shape index (κ1) is 14.5. The molecule has 1 aliphatic rings. The first-order valence-electron chi connectivity index (χ1n) is 6.95. The molecule has 21 heavy (non-hydrogen) atoms. The minimum atomic E-state index is -2.84. The van der Waals surface area contributed by atoms with Crippen LogP contribution in [0.1, 0.15) is 12.2 Å². The Bertz CT molecular complexity index is 757. The second kappa shape index (κ2) is 5.38. The highest BCUT2D eigenvalue weighted by Gasteiger charge is 2.28. The lowest BCUT2D eigenvalue weighted by Gasteiger charge is -2.18. The Morgan fingerprint density at radius 3 is 2.95 bits per heavy atom. The van der Waals surface area contributed by atoms with Gasteiger partial charge in [-0.15, -0.1) is 0 Å². The van der Waals surface area contributed by atoms with Gasteiger partial charge in [-0.1, -0.05) is 6.07 Å². The van der Waals surface area contributed by atoms with Gasteiger partial charge in [-0.25, -0.2) is 17.8 Å². The molecule has 7 heteroatoms. The zero-order valence-electron chi connectivity index (χ0n) is 11.8. The van der Waals surface area contributed by atoms with Crippen molar-refractivity contribution < 1.29 is 12.8 Å². The molecule has 1 fully saturated rings. The van der Waals surface area contributed by atoms with Crippen LogP contribution in [0.2, 0.25) is 0 Å². The van der Waals surface area contributed by atoms with Gasteiger partial charge in [0.2, 0.25) is 0 Å². The molecule has 2 aromatic rings. The molecule has 2 heterocycles. The number of para-hydroxylation sites is 1. The van der Waals surface area contributed by atoms with E-state index < -0.39 is 9.84 Å². The molecule has 0 spiro atoms. The van der Waals surface area contributed by atoms with Gasteiger partial charge < -0.3 is 4.98 Å². The van der Waals surface area contributed by atoms with E-state index in [1.165, 1.54) is 6.07 Å². The third-order valence-electron chi connectivity index (χ3n) is 3.83. The van der Waals surface area contributed by atoms with Crippen LogP contribution in [0.3, 0.4) is 0 Å². The van der Waals surface area contributed by atoms with Crippen molar-refractivity contribution in [3.05, 3.63) is 29.8 Å². The van der Waals surface area contributed by atoms with Gasteiger partial charge in [-0.3, -0.25) is 4.90 Å². The smallest absolute Gasteiger partial charge is 0.151 e. The standard InChI is InChI=1S/C14H18FN3O2S/c1-18(7-10-5-6-21(19,20)9-10)8-13-16-12-4-2-3-11(15)14(12)17-13/h2-4,10H,5-9H2,1H3,(H,16,17)/t10-/m0/s1. The molecule has 1 atom stereocenters. The Morgan fingerprint density at radius 1 is 1.48 bits per heavy atom. The summed E-state index contributed by atoms with van der Waals surface area (Å²) >= 11 is 0. The number of hydrogen-bond donors (Lipinski definition) is 1. The van der Waals surface area contributed by atoms with E-state index in [-0.39, 0.29) is 17.5 Å². The number of halogens is 1. The maximum Gasteiger partial charge on any atom is 0.151 e. The summed E-state index contributed by atoms with van der Waals surface area (Å²) in [6.07, 6.45) is 0.724. The van der Waals surface area contributed by atoms with Crippen molar-refractivity contribution in [3.8, 4) is 0 Å². The molecule has 0 unspecified atom stereocenters. The van der Waals surface area contributed by atoms with E-state index >= 15 is 0 Å². The van der Waals surface area contributed by atoms with Crippen LogP contribution in [-0.2, 0) is 16.4 Å². The Morgan fingerprint density at radius 2 is 2.29 bits per heavy atom. The average molecular weight is 311 g/mol. The van der Waals surface area contributed by atoms with Crippen molar-refractivity contribution in [2.45, 2.75) is 13.0 Å². The van der Waals surface area contributed by atoms with Crippen LogP contribution in [0.25, 0.3) is 11.0 Å². The lowest BCUT2D eigenvalue weighted by molar-refractivity contribution is 0.276. The van der Waals surface area contributed by atoms with Crippen molar-refractivity contribution in [3.63, 3.8) is 0 Å². The first-order chi connectivity index (χ1) is 9.93. The van der Waals surface area contributed by atoms with Gasteiger partial charge in [-0.2, -0.15) is 0 Å². The topological polar surface area (TPSA) is 66.1 Å². The maximum absolute atomic E-state index is 13.6. The minimum absolute atomic E-state index is 0.182. The molecule has 0 aliphatic carbocycles. The first-order valence-corrected chi connectivity index (χ1v) is 8.77. The summed E-state index contributed by atoms with van der Waals surface area (Å²) < 4.78 is 36.5. The second-order valence-corrected chi connectivity index (χ2v) is 8.01. The minimum Gasteiger partial charge on any atom is -0.341 e. The highest BCUT2D eigenvalue weighted by atomic mass is 32.2. The quantitative estimate of drug-likeness (QED) is 0.931. The fraction of sp³-hybridized carbons (Fsp3) is 0.500. The average Bonchev–Trinajstić information content (AvgIpc) is 2.93. The third kappa shape index (κ3) is 3.24. The number of benzene rings is 1. The van der Waals surface area contributed by atoms with Crippen LogP contribution in [-0.4, -0.2) is 48.4 Å². The van der Waals surface area contributed by atoms with Gasteiger partial charge in [0.15, 0.2) is 15.7 Å². The molecule has 1 aliphatic heterocycles. The highest BCUT2D eigenvalue weighted by molar-refractivity contribution is 7.91. The van der Waals surface area contributed by atoms with Gasteiger partial charge >= 0.3 is 0 Å². The van der Waals surface area contributed by atoms with Gasteiger partial charge in [0, 0.05) is 6.54 Å². The van der Waals surface area contributed by atoms with Crippen molar-refractivity contribution in [2.75, 3.05) is 25.1 Å². The summed E-state index contributed by atoms with van der Waals surface area (Å²) in [6, 6.07) is 4.82. The lowest BCUT2D eigenvalue weighted by Crippen LogP contribution is -2.26. The number of hydrogen-bond acceptors (Lipinski definition) is 4. The molecular formula is C14H18FN3O2S. The molecule has 0 amide bonds. The highest BCUT2D eigenvalue weighted by Crippen LogP contribution is 2.20. The van der Waals surface area contributed by atoms with Crippen molar-refractivity contribution in [2.24, 2.45) is 5.92 Å². The predicted molar refractivity (Wildman–Crippen MR) is 79.1 cm³/mol. The number of fused-ring (bicyclic) bond motifs is 1. The monoisotopic (exact) mass is 311 g/mol. The van der Waals surface area contributed by atoms with E-state index in [0.717, 1.165) is 6.42 Å². The molecular weight excluding hydrogens is 293 g/mol. The summed E-state index contributed by atoms with van der Waals surface area (Å²) in [6.45, 7) is 1.25. The van der Waals surface area contributed by atoms with Crippen molar-refractivity contribution in [1.82, 2.24) is 14.9 Å². The number of aromatic nitrogens is 2.